The predicted octanol–water partition coefficient (Wildman–Crippen LogP) is 5.10. The summed E-state index contributed by atoms with van der Waals surface area (Å²) in [5.41, 5.74) is 8.71. The number of benzene rings is 2. The summed E-state index contributed by atoms with van der Waals surface area (Å²) >= 11 is 0. The lowest BCUT2D eigenvalue weighted by molar-refractivity contribution is -0.141. The molecule has 2 fully saturated rings. The molecule has 2 N–H and O–H groups in total. The number of fused-ring (bicyclic) bond motifs is 5. The average Bonchev–Trinajstić information content (AvgIpc) is 3.11. The van der Waals surface area contributed by atoms with Crippen LogP contribution in [0, 0.1) is 0 Å². The monoisotopic (exact) mass is 483 g/mol. The van der Waals surface area contributed by atoms with E-state index >= 15 is 0 Å². The molecule has 2 aliphatic heterocycles. The summed E-state index contributed by atoms with van der Waals surface area (Å²) < 4.78 is 2.13. The average molecular weight is 484 g/mol. The van der Waals surface area contributed by atoms with Crippen molar-refractivity contribution in [2.45, 2.75) is 57.4 Å². The van der Waals surface area contributed by atoms with Crippen molar-refractivity contribution in [1.29, 1.82) is 0 Å². The second-order valence-electron chi connectivity index (χ2n) is 10.1. The lowest BCUT2D eigenvalue weighted by Crippen LogP contribution is -2.50. The molecule has 7 nitrogen and oxygen atoms in total. The SMILES string of the molecule is O=C1CCCN(C(=O)C2=Cc3ccccc3-c3c(C4CCCCC4)c4ccc(C(=O)O)cc4n3C2)N1. The number of carboxylic acids is 1. The molecule has 3 aliphatic rings. The number of aromatic carboxylic acids is 1. The molecule has 7 heteroatoms. The molecule has 184 valence electrons. The van der Waals surface area contributed by atoms with Gasteiger partial charge in [-0.1, -0.05) is 49.6 Å². The van der Waals surface area contributed by atoms with Crippen molar-refractivity contribution < 1.29 is 19.5 Å². The van der Waals surface area contributed by atoms with Crippen molar-refractivity contribution in [2.75, 3.05) is 6.54 Å². The highest BCUT2D eigenvalue weighted by molar-refractivity contribution is 6.04. The number of nitrogens with zero attached hydrogens (tertiary/aromatic N) is 2. The topological polar surface area (TPSA) is 91.6 Å². The third kappa shape index (κ3) is 3.79. The summed E-state index contributed by atoms with van der Waals surface area (Å²) in [6.45, 7) is 0.779. The molecule has 3 aromatic rings. The smallest absolute Gasteiger partial charge is 0.335 e. The standard InChI is InChI=1S/C29H29N3O4/c33-25-11-6-14-32(30-25)28(34)21-15-19-9-4-5-10-22(19)27-26(18-7-2-1-3-8-18)23-13-12-20(29(35)36)16-24(23)31(27)17-21/h4-5,9-10,12-13,15-16,18H,1-3,6-8,11,14,17H2,(H,30,33)(H,35,36). The van der Waals surface area contributed by atoms with Gasteiger partial charge in [0.15, 0.2) is 0 Å². The predicted molar refractivity (Wildman–Crippen MR) is 137 cm³/mol. The first kappa shape index (κ1) is 22.6. The number of carbonyl (C=O) groups excluding carboxylic acids is 2. The minimum atomic E-state index is -0.969. The van der Waals surface area contributed by atoms with Crippen molar-refractivity contribution in [1.82, 2.24) is 15.0 Å². The van der Waals surface area contributed by atoms with E-state index < -0.39 is 5.97 Å². The van der Waals surface area contributed by atoms with Crippen LogP contribution >= 0.6 is 0 Å². The maximum absolute atomic E-state index is 13.6. The summed E-state index contributed by atoms with van der Waals surface area (Å²) in [6, 6.07) is 13.5. The minimum absolute atomic E-state index is 0.151. The summed E-state index contributed by atoms with van der Waals surface area (Å²) in [4.78, 5) is 37.5. The van der Waals surface area contributed by atoms with E-state index in [1.807, 2.05) is 30.3 Å². The summed E-state index contributed by atoms with van der Waals surface area (Å²) in [5, 5.41) is 12.2. The summed E-state index contributed by atoms with van der Waals surface area (Å²) in [6.07, 6.45) is 8.80. The Morgan fingerprint density at radius 1 is 1.00 bits per heavy atom. The van der Waals surface area contributed by atoms with Gasteiger partial charge in [0.25, 0.3) is 5.91 Å². The molecular formula is C29H29N3O4. The quantitative estimate of drug-likeness (QED) is 0.542. The molecule has 6 rings (SSSR count). The zero-order chi connectivity index (χ0) is 24.8. The third-order valence-corrected chi connectivity index (χ3v) is 7.80. The number of rotatable bonds is 3. The first-order chi connectivity index (χ1) is 17.5. The summed E-state index contributed by atoms with van der Waals surface area (Å²) in [7, 11) is 0. The molecule has 1 aromatic heterocycles. The van der Waals surface area contributed by atoms with E-state index in [2.05, 4.69) is 16.1 Å². The molecule has 36 heavy (non-hydrogen) atoms. The number of carbonyl (C=O) groups is 3. The second kappa shape index (κ2) is 8.97. The molecule has 2 amide bonds. The number of carboxylic acid groups (broad SMARTS) is 1. The van der Waals surface area contributed by atoms with E-state index in [1.54, 1.807) is 12.1 Å². The Morgan fingerprint density at radius 2 is 1.81 bits per heavy atom. The molecule has 3 heterocycles. The fraction of sp³-hybridized carbons (Fsp3) is 0.345. The van der Waals surface area contributed by atoms with Crippen LogP contribution in [0.3, 0.4) is 0 Å². The van der Waals surface area contributed by atoms with Crippen LogP contribution in [-0.2, 0) is 16.1 Å². The second-order valence-corrected chi connectivity index (χ2v) is 10.1. The number of aromatic nitrogens is 1. The van der Waals surface area contributed by atoms with Gasteiger partial charge in [0.2, 0.25) is 5.91 Å². The van der Waals surface area contributed by atoms with E-state index in [-0.39, 0.29) is 17.4 Å². The Bertz CT molecular complexity index is 1430. The van der Waals surface area contributed by atoms with Crippen molar-refractivity contribution in [3.63, 3.8) is 0 Å². The maximum atomic E-state index is 13.6. The Morgan fingerprint density at radius 3 is 2.58 bits per heavy atom. The lowest BCUT2D eigenvalue weighted by Gasteiger charge is -2.28. The fourth-order valence-corrected chi connectivity index (χ4v) is 6.13. The molecule has 0 radical (unpaired) electrons. The third-order valence-electron chi connectivity index (χ3n) is 7.80. The Kier molecular flexibility index (Phi) is 5.63. The molecule has 1 saturated carbocycles. The van der Waals surface area contributed by atoms with Gasteiger partial charge in [0, 0.05) is 35.0 Å². The van der Waals surface area contributed by atoms with Crippen LogP contribution in [0.1, 0.15) is 72.3 Å². The van der Waals surface area contributed by atoms with Gasteiger partial charge >= 0.3 is 5.97 Å². The van der Waals surface area contributed by atoms with Crippen LogP contribution in [0.2, 0.25) is 0 Å². The van der Waals surface area contributed by atoms with Crippen molar-refractivity contribution >= 4 is 34.8 Å². The fourth-order valence-electron chi connectivity index (χ4n) is 6.13. The first-order valence-corrected chi connectivity index (χ1v) is 12.8. The van der Waals surface area contributed by atoms with Crippen molar-refractivity contribution in [3.05, 3.63) is 64.7 Å². The number of nitrogens with one attached hydrogen (secondary N) is 1. The van der Waals surface area contributed by atoms with Crippen LogP contribution in [0.5, 0.6) is 0 Å². The molecule has 0 unspecified atom stereocenters. The van der Waals surface area contributed by atoms with E-state index in [0.29, 0.717) is 37.4 Å². The van der Waals surface area contributed by atoms with Crippen LogP contribution in [0.15, 0.2) is 48.0 Å². The van der Waals surface area contributed by atoms with Gasteiger partial charge in [-0.3, -0.25) is 20.0 Å². The molecule has 1 saturated heterocycles. The number of hydrazine groups is 1. The van der Waals surface area contributed by atoms with Crippen LogP contribution < -0.4 is 5.43 Å². The van der Waals surface area contributed by atoms with Crippen LogP contribution in [0.25, 0.3) is 28.2 Å². The number of hydrogen-bond donors (Lipinski definition) is 2. The summed E-state index contributed by atoms with van der Waals surface area (Å²) in [5.74, 6) is -0.952. The van der Waals surface area contributed by atoms with Gasteiger partial charge in [-0.2, -0.15) is 0 Å². The molecular weight excluding hydrogens is 454 g/mol. The number of amides is 2. The van der Waals surface area contributed by atoms with E-state index in [1.165, 1.54) is 29.8 Å². The van der Waals surface area contributed by atoms with Crippen LogP contribution in [0.4, 0.5) is 0 Å². The van der Waals surface area contributed by atoms with Gasteiger partial charge in [0.05, 0.1) is 17.8 Å². The zero-order valence-electron chi connectivity index (χ0n) is 20.1. The highest BCUT2D eigenvalue weighted by atomic mass is 16.4. The molecule has 0 atom stereocenters. The zero-order valence-corrected chi connectivity index (χ0v) is 20.1. The van der Waals surface area contributed by atoms with Gasteiger partial charge in [0.1, 0.15) is 0 Å². The maximum Gasteiger partial charge on any atom is 0.335 e. The first-order valence-electron chi connectivity index (χ1n) is 12.8. The van der Waals surface area contributed by atoms with Crippen LogP contribution in [-0.4, -0.2) is 39.0 Å². The highest BCUT2D eigenvalue weighted by Crippen LogP contribution is 2.46. The van der Waals surface area contributed by atoms with Gasteiger partial charge in [-0.15, -0.1) is 0 Å². The van der Waals surface area contributed by atoms with Gasteiger partial charge in [-0.25, -0.2) is 4.79 Å². The van der Waals surface area contributed by atoms with E-state index in [4.69, 9.17) is 0 Å². The largest absolute Gasteiger partial charge is 0.478 e. The highest BCUT2D eigenvalue weighted by Gasteiger charge is 2.32. The molecule has 0 bridgehead atoms. The molecule has 1 aliphatic carbocycles. The van der Waals surface area contributed by atoms with Crippen molar-refractivity contribution in [3.8, 4) is 11.3 Å². The normalized spacial score (nSPS) is 18.2. The Balaban J connectivity index is 1.58. The van der Waals surface area contributed by atoms with Crippen molar-refractivity contribution in [2.24, 2.45) is 0 Å². The minimum Gasteiger partial charge on any atom is -0.478 e. The number of hydrogen-bond acceptors (Lipinski definition) is 3. The Hall–Kier alpha value is -3.87. The van der Waals surface area contributed by atoms with Gasteiger partial charge < -0.3 is 9.67 Å². The van der Waals surface area contributed by atoms with E-state index in [9.17, 15) is 19.5 Å². The van der Waals surface area contributed by atoms with E-state index in [0.717, 1.165) is 40.6 Å². The molecule has 2 aromatic carbocycles. The Labute approximate surface area is 209 Å². The van der Waals surface area contributed by atoms with Gasteiger partial charge in [-0.05, 0) is 54.5 Å². The lowest BCUT2D eigenvalue weighted by atomic mass is 9.81. The molecule has 0 spiro atoms.